The molecule has 152 valence electrons. The zero-order valence-electron chi connectivity index (χ0n) is 14.9. The SMILES string of the molecule is COc1cccc(C(=O)N2N=C(C(F)(F)F)CC2(O)c2ccc([N+](=O)[O-])cc2)c1. The molecule has 1 unspecified atom stereocenters. The molecule has 8 nitrogen and oxygen atoms in total. The van der Waals surface area contributed by atoms with Crippen LogP contribution in [-0.4, -0.2) is 39.9 Å². The third-order valence-electron chi connectivity index (χ3n) is 4.36. The highest BCUT2D eigenvalue weighted by Gasteiger charge is 2.53. The zero-order chi connectivity index (χ0) is 21.4. The molecule has 1 amide bonds. The third kappa shape index (κ3) is 3.76. The van der Waals surface area contributed by atoms with Crippen LogP contribution in [0.3, 0.4) is 0 Å². The lowest BCUT2D eigenvalue weighted by molar-refractivity contribution is -0.384. The lowest BCUT2D eigenvalue weighted by Gasteiger charge is -2.31. The van der Waals surface area contributed by atoms with Crippen LogP contribution < -0.4 is 4.74 Å². The highest BCUT2D eigenvalue weighted by molar-refractivity contribution is 6.00. The van der Waals surface area contributed by atoms with Crippen LogP contribution in [0.1, 0.15) is 22.3 Å². The van der Waals surface area contributed by atoms with Gasteiger partial charge in [-0.25, -0.2) is 0 Å². The minimum atomic E-state index is -4.88. The van der Waals surface area contributed by atoms with Crippen LogP contribution in [0, 0.1) is 10.1 Å². The lowest BCUT2D eigenvalue weighted by Crippen LogP contribution is -2.43. The number of nitro benzene ring substituents is 1. The minimum Gasteiger partial charge on any atom is -0.497 e. The Kier molecular flexibility index (Phi) is 5.01. The second-order valence-corrected chi connectivity index (χ2v) is 6.19. The Hall–Kier alpha value is -3.47. The van der Waals surface area contributed by atoms with Crippen molar-refractivity contribution in [3.8, 4) is 5.75 Å². The first-order chi connectivity index (χ1) is 13.6. The van der Waals surface area contributed by atoms with E-state index in [9.17, 15) is 33.2 Å². The number of amides is 1. The molecule has 0 saturated heterocycles. The van der Waals surface area contributed by atoms with E-state index in [1.807, 2.05) is 0 Å². The molecule has 1 heterocycles. The molecule has 0 aliphatic carbocycles. The van der Waals surface area contributed by atoms with Crippen molar-refractivity contribution in [2.45, 2.75) is 18.3 Å². The quantitative estimate of drug-likeness (QED) is 0.617. The number of carbonyl (C=O) groups excluding carboxylic acids is 1. The van der Waals surface area contributed by atoms with E-state index in [1.165, 1.54) is 31.4 Å². The van der Waals surface area contributed by atoms with Gasteiger partial charge in [0.05, 0.1) is 18.5 Å². The molecule has 1 aliphatic rings. The van der Waals surface area contributed by atoms with Gasteiger partial charge in [-0.05, 0) is 30.3 Å². The lowest BCUT2D eigenvalue weighted by atomic mass is 9.96. The summed E-state index contributed by atoms with van der Waals surface area (Å²) in [6, 6.07) is 9.83. The number of rotatable bonds is 4. The largest absolute Gasteiger partial charge is 0.497 e. The van der Waals surface area contributed by atoms with Gasteiger partial charge < -0.3 is 9.84 Å². The van der Waals surface area contributed by atoms with E-state index < -0.39 is 34.9 Å². The first-order valence-corrected chi connectivity index (χ1v) is 8.17. The van der Waals surface area contributed by atoms with Gasteiger partial charge in [-0.2, -0.15) is 23.3 Å². The highest BCUT2D eigenvalue weighted by atomic mass is 19.4. The van der Waals surface area contributed by atoms with Crippen molar-refractivity contribution in [1.29, 1.82) is 0 Å². The number of nitro groups is 1. The number of alkyl halides is 3. The summed E-state index contributed by atoms with van der Waals surface area (Å²) >= 11 is 0. The molecule has 2 aromatic rings. The minimum absolute atomic E-state index is 0.0585. The molecule has 0 aromatic heterocycles. The van der Waals surface area contributed by atoms with Gasteiger partial charge in [-0.1, -0.05) is 6.07 Å². The summed E-state index contributed by atoms with van der Waals surface area (Å²) in [7, 11) is 1.35. The van der Waals surface area contributed by atoms with E-state index in [-0.39, 0.29) is 22.6 Å². The molecule has 0 fully saturated rings. The van der Waals surface area contributed by atoms with Gasteiger partial charge in [0, 0.05) is 23.3 Å². The molecular formula is C18H14F3N3O5. The predicted molar refractivity (Wildman–Crippen MR) is 94.3 cm³/mol. The van der Waals surface area contributed by atoms with E-state index >= 15 is 0 Å². The van der Waals surface area contributed by atoms with Gasteiger partial charge in [-0.3, -0.25) is 14.9 Å². The van der Waals surface area contributed by atoms with Gasteiger partial charge in [0.15, 0.2) is 5.72 Å². The summed E-state index contributed by atoms with van der Waals surface area (Å²) in [5, 5.41) is 25.5. The maximum absolute atomic E-state index is 13.3. The Balaban J connectivity index is 2.06. The number of halogens is 3. The fraction of sp³-hybridized carbons (Fsp3) is 0.222. The summed E-state index contributed by atoms with van der Waals surface area (Å²) in [6.45, 7) is 0. The van der Waals surface area contributed by atoms with Gasteiger partial charge in [0.2, 0.25) is 0 Å². The number of ether oxygens (including phenoxy) is 1. The van der Waals surface area contributed by atoms with Gasteiger partial charge in [-0.15, -0.1) is 0 Å². The van der Waals surface area contributed by atoms with Gasteiger partial charge in [0.1, 0.15) is 11.5 Å². The van der Waals surface area contributed by atoms with E-state index in [4.69, 9.17) is 4.74 Å². The molecule has 0 spiro atoms. The molecule has 0 bridgehead atoms. The molecule has 1 N–H and O–H groups in total. The number of hydrogen-bond acceptors (Lipinski definition) is 6. The van der Waals surface area contributed by atoms with Crippen molar-refractivity contribution in [1.82, 2.24) is 5.01 Å². The number of methoxy groups -OCH3 is 1. The summed E-state index contributed by atoms with van der Waals surface area (Å²) in [5.41, 5.74) is -4.35. The number of nitrogens with zero attached hydrogens (tertiary/aromatic N) is 3. The number of hydrogen-bond donors (Lipinski definition) is 1. The fourth-order valence-electron chi connectivity index (χ4n) is 2.87. The van der Waals surface area contributed by atoms with Crippen molar-refractivity contribution < 1.29 is 32.7 Å². The van der Waals surface area contributed by atoms with Crippen LogP contribution in [0.5, 0.6) is 5.75 Å². The Morgan fingerprint density at radius 1 is 1.28 bits per heavy atom. The smallest absolute Gasteiger partial charge is 0.431 e. The van der Waals surface area contributed by atoms with Gasteiger partial charge in [0.25, 0.3) is 11.6 Å². The first-order valence-electron chi connectivity index (χ1n) is 8.17. The average Bonchev–Trinajstić information content (AvgIpc) is 3.06. The van der Waals surface area contributed by atoms with E-state index in [0.29, 0.717) is 5.01 Å². The second kappa shape index (κ2) is 7.17. The highest BCUT2D eigenvalue weighted by Crippen LogP contribution is 2.41. The normalized spacial score (nSPS) is 19.1. The summed E-state index contributed by atoms with van der Waals surface area (Å²) in [6.07, 6.45) is -5.90. The maximum Gasteiger partial charge on any atom is 0.431 e. The molecule has 2 aromatic carbocycles. The fourth-order valence-corrected chi connectivity index (χ4v) is 2.87. The van der Waals surface area contributed by atoms with Crippen molar-refractivity contribution in [3.05, 3.63) is 69.8 Å². The van der Waals surface area contributed by atoms with Crippen LogP contribution in [0.4, 0.5) is 18.9 Å². The van der Waals surface area contributed by atoms with Crippen LogP contribution in [0.15, 0.2) is 53.6 Å². The molecule has 0 saturated carbocycles. The zero-order valence-corrected chi connectivity index (χ0v) is 14.9. The number of carbonyl (C=O) groups is 1. The summed E-state index contributed by atoms with van der Waals surface area (Å²) < 4.78 is 44.8. The molecule has 1 atom stereocenters. The molecule has 0 radical (unpaired) electrons. The maximum atomic E-state index is 13.3. The van der Waals surface area contributed by atoms with Crippen LogP contribution in [-0.2, 0) is 5.72 Å². The Labute approximate surface area is 162 Å². The van der Waals surface area contributed by atoms with Crippen molar-refractivity contribution in [3.63, 3.8) is 0 Å². The molecule has 29 heavy (non-hydrogen) atoms. The van der Waals surface area contributed by atoms with Crippen molar-refractivity contribution in [2.24, 2.45) is 5.10 Å². The standard InChI is InChI=1S/C18H14F3N3O5/c1-29-14-4-2-3-11(9-14)16(25)23-17(26,10-15(22-23)18(19,20)21)12-5-7-13(8-6-12)24(27)28/h2-9,26H,10H2,1H3. The first kappa shape index (κ1) is 20.3. The Morgan fingerprint density at radius 2 is 1.93 bits per heavy atom. The molecule has 11 heteroatoms. The number of hydrazone groups is 1. The summed E-state index contributed by atoms with van der Waals surface area (Å²) in [4.78, 5) is 23.0. The van der Waals surface area contributed by atoms with Crippen LogP contribution in [0.25, 0.3) is 0 Å². The molecule has 1 aliphatic heterocycles. The van der Waals surface area contributed by atoms with E-state index in [0.717, 1.165) is 24.3 Å². The van der Waals surface area contributed by atoms with Crippen molar-refractivity contribution >= 4 is 17.3 Å². The van der Waals surface area contributed by atoms with Crippen LogP contribution >= 0.6 is 0 Å². The van der Waals surface area contributed by atoms with E-state index in [2.05, 4.69) is 5.10 Å². The molecular weight excluding hydrogens is 395 g/mol. The number of aliphatic hydroxyl groups is 1. The van der Waals surface area contributed by atoms with Gasteiger partial charge >= 0.3 is 6.18 Å². The number of benzene rings is 2. The summed E-state index contributed by atoms with van der Waals surface area (Å²) in [5.74, 6) is -0.710. The van der Waals surface area contributed by atoms with Crippen molar-refractivity contribution in [2.75, 3.05) is 7.11 Å². The number of non-ortho nitro benzene ring substituents is 1. The third-order valence-corrected chi connectivity index (χ3v) is 4.36. The van der Waals surface area contributed by atoms with E-state index in [1.54, 1.807) is 0 Å². The topological polar surface area (TPSA) is 105 Å². The Morgan fingerprint density at radius 3 is 2.48 bits per heavy atom. The monoisotopic (exact) mass is 409 g/mol. The Bertz CT molecular complexity index is 991. The second-order valence-electron chi connectivity index (χ2n) is 6.19. The molecule has 3 rings (SSSR count). The predicted octanol–water partition coefficient (Wildman–Crippen LogP) is 3.21. The van der Waals surface area contributed by atoms with Crippen LogP contribution in [0.2, 0.25) is 0 Å². The average molecular weight is 409 g/mol.